The highest BCUT2D eigenvalue weighted by molar-refractivity contribution is 9.10. The number of sulfonamides is 1. The second-order valence-corrected chi connectivity index (χ2v) is 8.03. The fourth-order valence-corrected chi connectivity index (χ4v) is 4.19. The molecule has 6 nitrogen and oxygen atoms in total. The summed E-state index contributed by atoms with van der Waals surface area (Å²) in [6.07, 6.45) is 1.46. The molecule has 0 radical (unpaired) electrons. The highest BCUT2D eigenvalue weighted by Gasteiger charge is 2.25. The molecule has 2 rings (SSSR count). The molecule has 0 aromatic carbocycles. The van der Waals surface area contributed by atoms with E-state index in [1.54, 1.807) is 5.51 Å². The number of anilines is 1. The van der Waals surface area contributed by atoms with E-state index in [1.165, 1.54) is 35.0 Å². The summed E-state index contributed by atoms with van der Waals surface area (Å²) in [7, 11) is -2.18. The van der Waals surface area contributed by atoms with E-state index >= 15 is 0 Å². The lowest BCUT2D eigenvalue weighted by atomic mass is 10.4. The summed E-state index contributed by atoms with van der Waals surface area (Å²) in [5, 5.41) is 0. The van der Waals surface area contributed by atoms with Gasteiger partial charge >= 0.3 is 0 Å². The second-order valence-electron chi connectivity index (χ2n) is 4.16. The quantitative estimate of drug-likeness (QED) is 0.881. The van der Waals surface area contributed by atoms with Gasteiger partial charge in [-0.05, 0) is 28.9 Å². The highest BCUT2D eigenvalue weighted by atomic mass is 79.9. The van der Waals surface area contributed by atoms with Crippen molar-refractivity contribution in [3.05, 3.63) is 32.8 Å². The number of pyridine rings is 1. The molecule has 0 spiro atoms. The number of aryl methyl sites for hydroxylation is 1. The van der Waals surface area contributed by atoms with Gasteiger partial charge in [0.05, 0.1) is 11.2 Å². The van der Waals surface area contributed by atoms with E-state index in [9.17, 15) is 8.42 Å². The third kappa shape index (κ3) is 3.00. The Kier molecular flexibility index (Phi) is 4.43. The van der Waals surface area contributed by atoms with Crippen LogP contribution in [0.15, 0.2) is 27.1 Å². The molecule has 0 saturated carbocycles. The van der Waals surface area contributed by atoms with Crippen LogP contribution in [0, 0.1) is 6.92 Å². The van der Waals surface area contributed by atoms with Crippen molar-refractivity contribution in [2.45, 2.75) is 18.4 Å². The molecule has 0 fully saturated rings. The molecule has 0 aliphatic carbocycles. The number of hydrogen-bond donors (Lipinski definition) is 1. The number of nitrogen functional groups attached to an aromatic ring is 1. The van der Waals surface area contributed by atoms with E-state index in [2.05, 4.69) is 25.9 Å². The van der Waals surface area contributed by atoms with E-state index in [-0.39, 0.29) is 17.3 Å². The van der Waals surface area contributed by atoms with Crippen LogP contribution in [-0.2, 0) is 16.6 Å². The summed E-state index contributed by atoms with van der Waals surface area (Å²) >= 11 is 4.62. The van der Waals surface area contributed by atoms with Crippen molar-refractivity contribution in [3.63, 3.8) is 0 Å². The summed E-state index contributed by atoms with van der Waals surface area (Å²) in [5.41, 5.74) is 8.19. The number of thiazole rings is 1. The van der Waals surface area contributed by atoms with Gasteiger partial charge in [-0.2, -0.15) is 4.31 Å². The Morgan fingerprint density at radius 1 is 1.45 bits per heavy atom. The number of hydrogen-bond acceptors (Lipinski definition) is 6. The number of nitrogens with two attached hydrogens (primary N) is 1. The van der Waals surface area contributed by atoms with Crippen molar-refractivity contribution >= 4 is 43.1 Å². The minimum absolute atomic E-state index is 0.00320. The summed E-state index contributed by atoms with van der Waals surface area (Å²) in [6.45, 7) is 2.10. The molecule has 2 aromatic rings. The first-order chi connectivity index (χ1) is 9.32. The second kappa shape index (κ2) is 5.76. The van der Waals surface area contributed by atoms with Gasteiger partial charge in [0, 0.05) is 29.1 Å². The third-order valence-electron chi connectivity index (χ3n) is 2.75. The largest absolute Gasteiger partial charge is 0.383 e. The summed E-state index contributed by atoms with van der Waals surface area (Å²) in [6, 6.07) is 1.45. The SMILES string of the molecule is Cc1ncsc1CN(C)S(=O)(=O)c1cc(Br)cnc1N. The zero-order valence-corrected chi connectivity index (χ0v) is 14.1. The maximum absolute atomic E-state index is 12.5. The predicted octanol–water partition coefficient (Wildman–Crippen LogP) is 2.01. The van der Waals surface area contributed by atoms with Crippen molar-refractivity contribution in [1.29, 1.82) is 0 Å². The summed E-state index contributed by atoms with van der Waals surface area (Å²) in [5.74, 6) is -0.0129. The van der Waals surface area contributed by atoms with Crippen LogP contribution in [-0.4, -0.2) is 29.7 Å². The fraction of sp³-hybridized carbons (Fsp3) is 0.273. The van der Waals surface area contributed by atoms with E-state index < -0.39 is 10.0 Å². The van der Waals surface area contributed by atoms with Gasteiger partial charge in [-0.1, -0.05) is 0 Å². The lowest BCUT2D eigenvalue weighted by Gasteiger charge is -2.17. The molecule has 2 heterocycles. The van der Waals surface area contributed by atoms with Gasteiger partial charge in [0.25, 0.3) is 0 Å². The average Bonchev–Trinajstić information content (AvgIpc) is 2.78. The van der Waals surface area contributed by atoms with Gasteiger partial charge in [0.1, 0.15) is 10.7 Å². The van der Waals surface area contributed by atoms with Crippen molar-refractivity contribution in [2.24, 2.45) is 0 Å². The highest BCUT2D eigenvalue weighted by Crippen LogP contribution is 2.25. The van der Waals surface area contributed by atoms with Crippen molar-refractivity contribution in [3.8, 4) is 0 Å². The van der Waals surface area contributed by atoms with Crippen LogP contribution in [0.1, 0.15) is 10.6 Å². The van der Waals surface area contributed by atoms with Crippen LogP contribution in [0.5, 0.6) is 0 Å². The van der Waals surface area contributed by atoms with Crippen LogP contribution in [0.3, 0.4) is 0 Å². The minimum Gasteiger partial charge on any atom is -0.383 e. The lowest BCUT2D eigenvalue weighted by molar-refractivity contribution is 0.468. The normalized spacial score (nSPS) is 12.0. The predicted molar refractivity (Wildman–Crippen MR) is 81.9 cm³/mol. The van der Waals surface area contributed by atoms with Crippen LogP contribution in [0.25, 0.3) is 0 Å². The average molecular weight is 377 g/mol. The molecule has 108 valence electrons. The first-order valence-electron chi connectivity index (χ1n) is 5.58. The smallest absolute Gasteiger partial charge is 0.246 e. The maximum Gasteiger partial charge on any atom is 0.246 e. The monoisotopic (exact) mass is 376 g/mol. The van der Waals surface area contributed by atoms with Crippen molar-refractivity contribution < 1.29 is 8.42 Å². The van der Waals surface area contributed by atoms with Crippen LogP contribution < -0.4 is 5.73 Å². The number of aromatic nitrogens is 2. The fourth-order valence-electron chi connectivity index (χ4n) is 1.57. The van der Waals surface area contributed by atoms with Gasteiger partial charge in [0.15, 0.2) is 0 Å². The first-order valence-corrected chi connectivity index (χ1v) is 8.70. The minimum atomic E-state index is -3.69. The van der Waals surface area contributed by atoms with E-state index in [4.69, 9.17) is 5.73 Å². The van der Waals surface area contributed by atoms with Crippen molar-refractivity contribution in [2.75, 3.05) is 12.8 Å². The molecule has 0 aliphatic rings. The van der Waals surface area contributed by atoms with Gasteiger partial charge in [0.2, 0.25) is 10.0 Å². The standard InChI is InChI=1S/C11H13BrN4O2S2/c1-7-9(19-6-15-7)5-16(2)20(17,18)10-3-8(12)4-14-11(10)13/h3-4,6H,5H2,1-2H3,(H2,13,14). The van der Waals surface area contributed by atoms with E-state index in [0.29, 0.717) is 4.47 Å². The molecule has 9 heteroatoms. The molecule has 20 heavy (non-hydrogen) atoms. The maximum atomic E-state index is 12.5. The van der Waals surface area contributed by atoms with Gasteiger partial charge in [-0.3, -0.25) is 0 Å². The molecular weight excluding hydrogens is 364 g/mol. The van der Waals surface area contributed by atoms with Crippen LogP contribution in [0.4, 0.5) is 5.82 Å². The molecule has 0 saturated heterocycles. The first kappa shape index (κ1) is 15.4. The topological polar surface area (TPSA) is 89.2 Å². The Hall–Kier alpha value is -1.03. The zero-order valence-electron chi connectivity index (χ0n) is 10.9. The van der Waals surface area contributed by atoms with Gasteiger partial charge in [-0.25, -0.2) is 18.4 Å². The summed E-state index contributed by atoms with van der Waals surface area (Å²) in [4.78, 5) is 8.86. The molecule has 0 unspecified atom stereocenters. The Morgan fingerprint density at radius 3 is 2.75 bits per heavy atom. The van der Waals surface area contributed by atoms with Crippen molar-refractivity contribution in [1.82, 2.24) is 14.3 Å². The lowest BCUT2D eigenvalue weighted by Crippen LogP contribution is -2.27. The third-order valence-corrected chi connectivity index (χ3v) is 5.93. The molecule has 0 bridgehead atoms. The number of rotatable bonds is 4. The Morgan fingerprint density at radius 2 is 2.15 bits per heavy atom. The molecule has 0 aliphatic heterocycles. The Bertz CT molecular complexity index is 730. The van der Waals surface area contributed by atoms with Crippen LogP contribution in [0.2, 0.25) is 0 Å². The molecular formula is C11H13BrN4O2S2. The number of halogens is 1. The van der Waals surface area contributed by atoms with Crippen LogP contribution >= 0.6 is 27.3 Å². The van der Waals surface area contributed by atoms with Gasteiger partial charge < -0.3 is 5.73 Å². The summed E-state index contributed by atoms with van der Waals surface area (Å²) < 4.78 is 26.8. The Labute approximate surface area is 129 Å². The molecule has 2 N–H and O–H groups in total. The molecule has 0 amide bonds. The van der Waals surface area contributed by atoms with E-state index in [0.717, 1.165) is 10.6 Å². The Balaban J connectivity index is 2.35. The zero-order chi connectivity index (χ0) is 14.9. The van der Waals surface area contributed by atoms with Gasteiger partial charge in [-0.15, -0.1) is 11.3 Å². The van der Waals surface area contributed by atoms with E-state index in [1.807, 2.05) is 6.92 Å². The number of nitrogens with zero attached hydrogens (tertiary/aromatic N) is 3. The molecule has 0 atom stereocenters. The molecule has 2 aromatic heterocycles.